The first kappa shape index (κ1) is 15.5. The van der Waals surface area contributed by atoms with Crippen molar-refractivity contribution in [2.45, 2.75) is 24.8 Å². The molecule has 0 spiro atoms. The monoisotopic (exact) mass is 284 g/mol. The molecule has 2 atom stereocenters. The van der Waals surface area contributed by atoms with E-state index in [0.29, 0.717) is 12.5 Å². The van der Waals surface area contributed by atoms with Crippen molar-refractivity contribution in [3.05, 3.63) is 65.7 Å². The summed E-state index contributed by atoms with van der Waals surface area (Å²) in [7, 11) is 1.68. The van der Waals surface area contributed by atoms with Gasteiger partial charge >= 0.3 is 0 Å². The molecule has 3 nitrogen and oxygen atoms in total. The fourth-order valence-electron chi connectivity index (χ4n) is 2.55. The van der Waals surface area contributed by atoms with E-state index in [0.717, 1.165) is 18.6 Å². The van der Waals surface area contributed by atoms with Crippen LogP contribution in [-0.2, 0) is 0 Å². The van der Waals surface area contributed by atoms with Crippen LogP contribution in [-0.4, -0.2) is 19.7 Å². The first-order valence-corrected chi connectivity index (χ1v) is 7.39. The van der Waals surface area contributed by atoms with Crippen LogP contribution in [0.15, 0.2) is 54.6 Å². The van der Waals surface area contributed by atoms with Crippen molar-refractivity contribution < 1.29 is 4.74 Å². The van der Waals surface area contributed by atoms with E-state index in [2.05, 4.69) is 36.4 Å². The first-order valence-electron chi connectivity index (χ1n) is 7.39. The molecule has 2 unspecified atom stereocenters. The Bertz CT molecular complexity index is 525. The predicted molar refractivity (Wildman–Crippen MR) is 87.5 cm³/mol. The Morgan fingerprint density at radius 2 is 1.52 bits per heavy atom. The third-order valence-corrected chi connectivity index (χ3v) is 3.85. The summed E-state index contributed by atoms with van der Waals surface area (Å²) in [5.41, 5.74) is 14.2. The second-order valence-electron chi connectivity index (χ2n) is 5.31. The van der Waals surface area contributed by atoms with Gasteiger partial charge in [0.1, 0.15) is 5.75 Å². The molecule has 0 bridgehead atoms. The minimum Gasteiger partial charge on any atom is -0.497 e. The molecule has 0 saturated heterocycles. The number of hydrogen-bond acceptors (Lipinski definition) is 3. The molecule has 2 aromatic rings. The van der Waals surface area contributed by atoms with Crippen molar-refractivity contribution in [2.75, 3.05) is 13.7 Å². The van der Waals surface area contributed by atoms with Gasteiger partial charge in [-0.05, 0) is 36.1 Å². The van der Waals surface area contributed by atoms with Crippen molar-refractivity contribution in [3.8, 4) is 5.75 Å². The van der Waals surface area contributed by atoms with Crippen molar-refractivity contribution in [2.24, 2.45) is 11.5 Å². The fraction of sp³-hybridized carbons (Fsp3) is 0.333. The minimum absolute atomic E-state index is 0.0643. The lowest BCUT2D eigenvalue weighted by Crippen LogP contribution is -2.29. The van der Waals surface area contributed by atoms with Crippen molar-refractivity contribution in [1.29, 1.82) is 0 Å². The molecule has 0 amide bonds. The van der Waals surface area contributed by atoms with E-state index in [1.54, 1.807) is 7.11 Å². The molecular weight excluding hydrogens is 260 g/mol. The highest BCUT2D eigenvalue weighted by atomic mass is 16.5. The molecule has 0 heterocycles. The molecule has 4 N–H and O–H groups in total. The van der Waals surface area contributed by atoms with Gasteiger partial charge < -0.3 is 16.2 Å². The molecule has 0 radical (unpaired) electrons. The molecular formula is C18H24N2O. The average molecular weight is 284 g/mol. The van der Waals surface area contributed by atoms with Gasteiger partial charge in [0.25, 0.3) is 0 Å². The van der Waals surface area contributed by atoms with Gasteiger partial charge in [0.05, 0.1) is 7.11 Å². The number of ether oxygens (including phenoxy) is 1. The summed E-state index contributed by atoms with van der Waals surface area (Å²) in [4.78, 5) is 0. The molecule has 0 saturated carbocycles. The van der Waals surface area contributed by atoms with Crippen LogP contribution in [0.25, 0.3) is 0 Å². The molecule has 2 aromatic carbocycles. The zero-order valence-electron chi connectivity index (χ0n) is 12.5. The van der Waals surface area contributed by atoms with Gasteiger partial charge in [0, 0.05) is 18.5 Å². The average Bonchev–Trinajstić information content (AvgIpc) is 2.56. The lowest BCUT2D eigenvalue weighted by molar-refractivity contribution is 0.414. The molecule has 0 aliphatic heterocycles. The SMILES string of the molecule is COc1ccc(C(CCC(N)CN)c2ccccc2)cc1. The van der Waals surface area contributed by atoms with Crippen molar-refractivity contribution in [1.82, 2.24) is 0 Å². The molecule has 112 valence electrons. The molecule has 0 fully saturated rings. The highest BCUT2D eigenvalue weighted by molar-refractivity contribution is 5.36. The normalized spacial score (nSPS) is 13.7. The Labute approximate surface area is 126 Å². The van der Waals surface area contributed by atoms with E-state index in [-0.39, 0.29) is 6.04 Å². The molecule has 21 heavy (non-hydrogen) atoms. The fourth-order valence-corrected chi connectivity index (χ4v) is 2.55. The summed E-state index contributed by atoms with van der Waals surface area (Å²) in [5.74, 6) is 1.22. The Morgan fingerprint density at radius 3 is 2.10 bits per heavy atom. The van der Waals surface area contributed by atoms with Crippen LogP contribution in [0, 0.1) is 0 Å². The maximum atomic E-state index is 5.98. The smallest absolute Gasteiger partial charge is 0.118 e. The van der Waals surface area contributed by atoms with Gasteiger partial charge in [-0.2, -0.15) is 0 Å². The number of nitrogens with two attached hydrogens (primary N) is 2. The Balaban J connectivity index is 2.22. The lowest BCUT2D eigenvalue weighted by Gasteiger charge is -2.20. The molecule has 0 aliphatic carbocycles. The number of hydrogen-bond donors (Lipinski definition) is 2. The van der Waals surface area contributed by atoms with Crippen LogP contribution in [0.3, 0.4) is 0 Å². The summed E-state index contributed by atoms with van der Waals surface area (Å²) in [5, 5.41) is 0. The zero-order chi connectivity index (χ0) is 15.1. The van der Waals surface area contributed by atoms with E-state index in [1.807, 2.05) is 18.2 Å². The van der Waals surface area contributed by atoms with Gasteiger partial charge in [0.15, 0.2) is 0 Å². The van der Waals surface area contributed by atoms with E-state index in [9.17, 15) is 0 Å². The van der Waals surface area contributed by atoms with Crippen LogP contribution < -0.4 is 16.2 Å². The van der Waals surface area contributed by atoms with Crippen LogP contribution >= 0.6 is 0 Å². The second kappa shape index (κ2) is 7.81. The topological polar surface area (TPSA) is 61.3 Å². The van der Waals surface area contributed by atoms with Crippen LogP contribution in [0.4, 0.5) is 0 Å². The predicted octanol–water partition coefficient (Wildman–Crippen LogP) is 2.89. The van der Waals surface area contributed by atoms with Crippen LogP contribution in [0.2, 0.25) is 0 Å². The Hall–Kier alpha value is -1.84. The minimum atomic E-state index is 0.0643. The quantitative estimate of drug-likeness (QED) is 0.822. The van der Waals surface area contributed by atoms with E-state index in [4.69, 9.17) is 16.2 Å². The number of methoxy groups -OCH3 is 1. The van der Waals surface area contributed by atoms with Crippen molar-refractivity contribution >= 4 is 0 Å². The lowest BCUT2D eigenvalue weighted by atomic mass is 9.86. The van der Waals surface area contributed by atoms with E-state index >= 15 is 0 Å². The van der Waals surface area contributed by atoms with Gasteiger partial charge in [-0.25, -0.2) is 0 Å². The maximum absolute atomic E-state index is 5.98. The summed E-state index contributed by atoms with van der Waals surface area (Å²) in [6.45, 7) is 0.532. The first-order chi connectivity index (χ1) is 10.2. The summed E-state index contributed by atoms with van der Waals surface area (Å²) >= 11 is 0. The van der Waals surface area contributed by atoms with Gasteiger partial charge in [-0.1, -0.05) is 42.5 Å². The van der Waals surface area contributed by atoms with E-state index < -0.39 is 0 Å². The van der Waals surface area contributed by atoms with Gasteiger partial charge in [0.2, 0.25) is 0 Å². The van der Waals surface area contributed by atoms with Crippen LogP contribution in [0.5, 0.6) is 5.75 Å². The summed E-state index contributed by atoms with van der Waals surface area (Å²) in [6.07, 6.45) is 1.91. The van der Waals surface area contributed by atoms with E-state index in [1.165, 1.54) is 11.1 Å². The largest absolute Gasteiger partial charge is 0.497 e. The number of benzene rings is 2. The molecule has 2 rings (SSSR count). The molecule has 0 aliphatic rings. The third kappa shape index (κ3) is 4.31. The standard InChI is InChI=1S/C18H24N2O/c1-21-17-10-7-15(8-11-17)18(12-9-16(20)13-19)14-5-3-2-4-6-14/h2-8,10-11,16,18H,9,12-13,19-20H2,1H3. The molecule has 3 heteroatoms. The Morgan fingerprint density at radius 1 is 0.905 bits per heavy atom. The van der Waals surface area contributed by atoms with Crippen LogP contribution in [0.1, 0.15) is 29.9 Å². The van der Waals surface area contributed by atoms with Gasteiger partial charge in [-0.15, -0.1) is 0 Å². The highest BCUT2D eigenvalue weighted by Gasteiger charge is 2.15. The summed E-state index contributed by atoms with van der Waals surface area (Å²) in [6, 6.07) is 18.9. The van der Waals surface area contributed by atoms with Crippen molar-refractivity contribution in [3.63, 3.8) is 0 Å². The zero-order valence-corrected chi connectivity index (χ0v) is 12.5. The molecule has 0 aromatic heterocycles. The number of rotatable bonds is 7. The third-order valence-electron chi connectivity index (χ3n) is 3.85. The summed E-state index contributed by atoms with van der Waals surface area (Å²) < 4.78 is 5.23. The van der Waals surface area contributed by atoms with Gasteiger partial charge in [-0.3, -0.25) is 0 Å². The second-order valence-corrected chi connectivity index (χ2v) is 5.31. The Kier molecular flexibility index (Phi) is 5.78. The highest BCUT2D eigenvalue weighted by Crippen LogP contribution is 2.30. The maximum Gasteiger partial charge on any atom is 0.118 e.